The van der Waals surface area contributed by atoms with E-state index in [4.69, 9.17) is 5.11 Å². The predicted molar refractivity (Wildman–Crippen MR) is 47.2 cm³/mol. The van der Waals surface area contributed by atoms with Crippen molar-refractivity contribution in [3.8, 4) is 0 Å². The highest BCUT2D eigenvalue weighted by Crippen LogP contribution is 2.14. The van der Waals surface area contributed by atoms with E-state index < -0.39 is 5.97 Å². The molecule has 0 amide bonds. The SMILES string of the molecule is CCC(Cc1nccs1)C(=O)O. The van der Waals surface area contributed by atoms with Gasteiger partial charge in [-0.15, -0.1) is 11.3 Å². The summed E-state index contributed by atoms with van der Waals surface area (Å²) in [4.78, 5) is 14.7. The van der Waals surface area contributed by atoms with E-state index in [1.54, 1.807) is 6.20 Å². The number of hydrogen-bond acceptors (Lipinski definition) is 3. The first-order valence-electron chi connectivity index (χ1n) is 3.85. The van der Waals surface area contributed by atoms with Crippen LogP contribution in [-0.4, -0.2) is 16.1 Å². The van der Waals surface area contributed by atoms with Crippen molar-refractivity contribution in [2.45, 2.75) is 19.8 Å². The Morgan fingerprint density at radius 3 is 3.00 bits per heavy atom. The van der Waals surface area contributed by atoms with Crippen LogP contribution in [0.15, 0.2) is 11.6 Å². The first-order chi connectivity index (χ1) is 5.74. The Hall–Kier alpha value is -0.900. The molecule has 0 saturated heterocycles. The second kappa shape index (κ2) is 4.21. The van der Waals surface area contributed by atoms with Crippen LogP contribution in [0.2, 0.25) is 0 Å². The van der Waals surface area contributed by atoms with Crippen molar-refractivity contribution in [1.29, 1.82) is 0 Å². The molecule has 1 heterocycles. The number of aromatic nitrogens is 1. The summed E-state index contributed by atoms with van der Waals surface area (Å²) >= 11 is 1.51. The van der Waals surface area contributed by atoms with Crippen LogP contribution in [0.4, 0.5) is 0 Å². The number of nitrogens with zero attached hydrogens (tertiary/aromatic N) is 1. The molecule has 0 spiro atoms. The van der Waals surface area contributed by atoms with E-state index in [1.807, 2.05) is 12.3 Å². The van der Waals surface area contributed by atoms with Crippen LogP contribution in [0.5, 0.6) is 0 Å². The Morgan fingerprint density at radius 2 is 2.58 bits per heavy atom. The van der Waals surface area contributed by atoms with E-state index >= 15 is 0 Å². The van der Waals surface area contributed by atoms with Gasteiger partial charge in [0.2, 0.25) is 0 Å². The van der Waals surface area contributed by atoms with E-state index in [0.717, 1.165) is 5.01 Å². The van der Waals surface area contributed by atoms with Crippen molar-refractivity contribution in [3.63, 3.8) is 0 Å². The quantitative estimate of drug-likeness (QED) is 0.778. The number of hydrogen-bond donors (Lipinski definition) is 1. The third kappa shape index (κ3) is 2.30. The standard InChI is InChI=1S/C8H11NO2S/c1-2-6(8(10)11)5-7-9-3-4-12-7/h3-4,6H,2,5H2,1H3,(H,10,11). The predicted octanol–water partition coefficient (Wildman–Crippen LogP) is 1.80. The second-order valence-electron chi connectivity index (χ2n) is 2.57. The molecule has 4 heteroatoms. The highest BCUT2D eigenvalue weighted by molar-refractivity contribution is 7.09. The molecule has 0 bridgehead atoms. The van der Waals surface area contributed by atoms with Crippen molar-refractivity contribution < 1.29 is 9.90 Å². The van der Waals surface area contributed by atoms with Gasteiger partial charge in [0.1, 0.15) is 0 Å². The van der Waals surface area contributed by atoms with Gasteiger partial charge in [-0.1, -0.05) is 6.92 Å². The van der Waals surface area contributed by atoms with Crippen molar-refractivity contribution in [1.82, 2.24) is 4.98 Å². The number of aliphatic carboxylic acids is 1. The molecule has 1 aromatic rings. The van der Waals surface area contributed by atoms with Gasteiger partial charge in [-0.2, -0.15) is 0 Å². The normalized spacial score (nSPS) is 12.8. The van der Waals surface area contributed by atoms with Gasteiger partial charge in [0.25, 0.3) is 0 Å². The van der Waals surface area contributed by atoms with Gasteiger partial charge in [-0.25, -0.2) is 4.98 Å². The Kier molecular flexibility index (Phi) is 3.22. The lowest BCUT2D eigenvalue weighted by Gasteiger charge is -2.05. The number of carboxylic acids is 1. The molecule has 0 fully saturated rings. The molecule has 1 rings (SSSR count). The van der Waals surface area contributed by atoms with E-state index in [-0.39, 0.29) is 5.92 Å². The molecule has 3 nitrogen and oxygen atoms in total. The zero-order valence-electron chi connectivity index (χ0n) is 6.86. The molecule has 1 unspecified atom stereocenters. The van der Waals surface area contributed by atoms with Gasteiger partial charge in [0.05, 0.1) is 10.9 Å². The van der Waals surface area contributed by atoms with Gasteiger partial charge in [-0.05, 0) is 6.42 Å². The molecule has 0 aromatic carbocycles. The van der Waals surface area contributed by atoms with Crippen molar-refractivity contribution in [2.75, 3.05) is 0 Å². The molecule has 1 atom stereocenters. The zero-order valence-corrected chi connectivity index (χ0v) is 7.67. The monoisotopic (exact) mass is 185 g/mol. The number of carbonyl (C=O) groups is 1. The van der Waals surface area contributed by atoms with E-state index in [1.165, 1.54) is 11.3 Å². The third-order valence-corrected chi connectivity index (χ3v) is 2.55. The molecule has 1 aromatic heterocycles. The Bertz CT molecular complexity index is 246. The fourth-order valence-corrected chi connectivity index (χ4v) is 1.67. The summed E-state index contributed by atoms with van der Waals surface area (Å²) in [7, 11) is 0. The highest BCUT2D eigenvalue weighted by atomic mass is 32.1. The minimum absolute atomic E-state index is 0.281. The number of thiazole rings is 1. The van der Waals surface area contributed by atoms with Gasteiger partial charge >= 0.3 is 5.97 Å². The Morgan fingerprint density at radius 1 is 1.83 bits per heavy atom. The molecule has 0 saturated carbocycles. The smallest absolute Gasteiger partial charge is 0.306 e. The van der Waals surface area contributed by atoms with Crippen LogP contribution >= 0.6 is 11.3 Å². The molecular formula is C8H11NO2S. The summed E-state index contributed by atoms with van der Waals surface area (Å²) in [6.45, 7) is 1.88. The molecule has 0 aliphatic carbocycles. The maximum absolute atomic E-state index is 10.6. The maximum Gasteiger partial charge on any atom is 0.306 e. The minimum Gasteiger partial charge on any atom is -0.481 e. The van der Waals surface area contributed by atoms with Crippen LogP contribution in [0, 0.1) is 5.92 Å². The lowest BCUT2D eigenvalue weighted by molar-refractivity contribution is -0.141. The number of carboxylic acid groups (broad SMARTS) is 1. The first kappa shape index (κ1) is 9.19. The zero-order chi connectivity index (χ0) is 8.97. The van der Waals surface area contributed by atoms with Gasteiger partial charge in [-0.3, -0.25) is 4.79 Å². The highest BCUT2D eigenvalue weighted by Gasteiger charge is 2.16. The van der Waals surface area contributed by atoms with Crippen LogP contribution in [0.1, 0.15) is 18.4 Å². The topological polar surface area (TPSA) is 50.2 Å². The lowest BCUT2D eigenvalue weighted by atomic mass is 10.0. The fourth-order valence-electron chi connectivity index (χ4n) is 0.971. The maximum atomic E-state index is 10.6. The summed E-state index contributed by atoms with van der Waals surface area (Å²) < 4.78 is 0. The van der Waals surface area contributed by atoms with Crippen LogP contribution in [-0.2, 0) is 11.2 Å². The number of rotatable bonds is 4. The molecule has 0 aliphatic heterocycles. The van der Waals surface area contributed by atoms with E-state index in [9.17, 15) is 4.79 Å². The average Bonchev–Trinajstić information content (AvgIpc) is 2.51. The van der Waals surface area contributed by atoms with Crippen LogP contribution in [0.3, 0.4) is 0 Å². The van der Waals surface area contributed by atoms with Crippen LogP contribution in [0.25, 0.3) is 0 Å². The largest absolute Gasteiger partial charge is 0.481 e. The summed E-state index contributed by atoms with van der Waals surface area (Å²) in [5.74, 6) is -1.01. The summed E-state index contributed by atoms with van der Waals surface area (Å²) in [6, 6.07) is 0. The summed E-state index contributed by atoms with van der Waals surface area (Å²) in [5, 5.41) is 11.5. The van der Waals surface area contributed by atoms with Gasteiger partial charge in [0.15, 0.2) is 0 Å². The fraction of sp³-hybridized carbons (Fsp3) is 0.500. The lowest BCUT2D eigenvalue weighted by Crippen LogP contribution is -2.15. The first-order valence-corrected chi connectivity index (χ1v) is 4.73. The molecule has 12 heavy (non-hydrogen) atoms. The average molecular weight is 185 g/mol. The summed E-state index contributed by atoms with van der Waals surface area (Å²) in [6.07, 6.45) is 2.92. The van der Waals surface area contributed by atoms with E-state index in [2.05, 4.69) is 4.98 Å². The molecule has 1 N–H and O–H groups in total. The van der Waals surface area contributed by atoms with Crippen LogP contribution < -0.4 is 0 Å². The Balaban J connectivity index is 2.54. The minimum atomic E-state index is -0.729. The third-order valence-electron chi connectivity index (χ3n) is 1.75. The molecule has 0 aliphatic rings. The van der Waals surface area contributed by atoms with Crippen molar-refractivity contribution in [3.05, 3.63) is 16.6 Å². The van der Waals surface area contributed by atoms with Gasteiger partial charge < -0.3 is 5.11 Å². The molecule has 66 valence electrons. The van der Waals surface area contributed by atoms with Crippen molar-refractivity contribution >= 4 is 17.3 Å². The van der Waals surface area contributed by atoms with Gasteiger partial charge in [0, 0.05) is 18.0 Å². The van der Waals surface area contributed by atoms with E-state index in [0.29, 0.717) is 12.8 Å². The van der Waals surface area contributed by atoms with Crippen molar-refractivity contribution in [2.24, 2.45) is 5.92 Å². The molecule has 0 radical (unpaired) electrons. The second-order valence-corrected chi connectivity index (χ2v) is 3.55. The molecular weight excluding hydrogens is 174 g/mol. The summed E-state index contributed by atoms with van der Waals surface area (Å²) in [5.41, 5.74) is 0. The Labute approximate surface area is 75.1 Å².